The fraction of sp³-hybridized carbons (Fsp3) is 0. The fourth-order valence-electron chi connectivity index (χ4n) is 7.51. The molecule has 0 aliphatic carbocycles. The van der Waals surface area contributed by atoms with Crippen molar-refractivity contribution in [3.05, 3.63) is 194 Å². The Morgan fingerprint density at radius 3 is 1.92 bits per heavy atom. The van der Waals surface area contributed by atoms with Crippen LogP contribution in [-0.2, 0) is 0 Å². The van der Waals surface area contributed by atoms with Crippen LogP contribution in [0, 0.1) is 0 Å². The number of rotatable bonds is 5. The number of benzene rings is 9. The number of anilines is 3. The normalized spacial score (nSPS) is 14.7. The minimum atomic E-state index is -0.657. The van der Waals surface area contributed by atoms with E-state index in [1.54, 1.807) is 11.0 Å². The number of nitrogens with zero attached hydrogens (tertiary/aromatic N) is 2. The van der Waals surface area contributed by atoms with Gasteiger partial charge in [0.05, 0.1) is 37.2 Å². The van der Waals surface area contributed by atoms with Crippen molar-refractivity contribution in [1.82, 2.24) is 4.57 Å². The zero-order valence-electron chi connectivity index (χ0n) is 38.9. The summed E-state index contributed by atoms with van der Waals surface area (Å²) in [5.74, 6) is 0. The summed E-state index contributed by atoms with van der Waals surface area (Å²) >= 11 is 0. The second kappa shape index (κ2) is 11.7. The van der Waals surface area contributed by atoms with Gasteiger partial charge in [-0.15, -0.1) is 0 Å². The van der Waals surface area contributed by atoms with Gasteiger partial charge in [0.25, 0.3) is 0 Å². The van der Waals surface area contributed by atoms with Crippen molar-refractivity contribution in [2.24, 2.45) is 0 Å². The van der Waals surface area contributed by atoms with Crippen LogP contribution >= 0.6 is 0 Å². The number of hydrogen-bond donors (Lipinski definition) is 0. The Bertz CT molecular complexity index is 3740. The van der Waals surface area contributed by atoms with E-state index in [1.807, 2.05) is 97.1 Å². The van der Waals surface area contributed by atoms with Crippen LogP contribution in [0.25, 0.3) is 82.1 Å². The molecular weight excluding hydrogens is 645 g/mol. The Morgan fingerprint density at radius 2 is 1.15 bits per heavy atom. The van der Waals surface area contributed by atoms with Crippen molar-refractivity contribution in [3.8, 4) is 16.8 Å². The number of para-hydroxylation sites is 2. The zero-order chi connectivity index (χ0) is 44.5. The van der Waals surface area contributed by atoms with Crippen molar-refractivity contribution in [1.29, 1.82) is 0 Å². The molecule has 0 N–H and O–H groups in total. The van der Waals surface area contributed by atoms with Crippen LogP contribution in [0.15, 0.2) is 198 Å². The lowest BCUT2D eigenvalue weighted by molar-refractivity contribution is 0.672. The number of furan rings is 1. The first kappa shape index (κ1) is 20.7. The Morgan fingerprint density at radius 1 is 0.472 bits per heavy atom. The van der Waals surface area contributed by atoms with E-state index in [2.05, 4.69) is 28.8 Å². The van der Waals surface area contributed by atoms with E-state index in [1.165, 1.54) is 0 Å². The van der Waals surface area contributed by atoms with Gasteiger partial charge in [-0.3, -0.25) is 0 Å². The first-order chi connectivity index (χ1) is 30.9. The Hall–Kier alpha value is -7.10. The number of aromatic nitrogens is 1. The molecule has 3 heteroatoms. The molecule has 0 amide bonds. The number of fused-ring (bicyclic) bond motifs is 9. The molecule has 9 aromatic carbocycles. The lowest BCUT2D eigenvalue weighted by Crippen LogP contribution is -2.10. The van der Waals surface area contributed by atoms with Gasteiger partial charge < -0.3 is 13.9 Å². The molecule has 0 spiro atoms. The van der Waals surface area contributed by atoms with Gasteiger partial charge in [0.2, 0.25) is 0 Å². The average Bonchev–Trinajstić information content (AvgIpc) is 3.87. The maximum Gasteiger partial charge on any atom is 0.143 e. The lowest BCUT2D eigenvalue weighted by atomic mass is 10.0. The van der Waals surface area contributed by atoms with E-state index in [-0.39, 0.29) is 16.5 Å². The highest BCUT2D eigenvalue weighted by atomic mass is 16.3. The second-order valence-corrected chi connectivity index (χ2v) is 12.9. The van der Waals surface area contributed by atoms with Gasteiger partial charge in [0, 0.05) is 38.6 Å². The molecule has 3 nitrogen and oxygen atoms in total. The van der Waals surface area contributed by atoms with Crippen LogP contribution in [0.3, 0.4) is 0 Å². The van der Waals surface area contributed by atoms with E-state index in [9.17, 15) is 6.85 Å². The minimum absolute atomic E-state index is 0.127. The summed E-state index contributed by atoms with van der Waals surface area (Å²) in [6.45, 7) is 0. The molecule has 11 rings (SSSR count). The molecule has 0 aliphatic heterocycles. The van der Waals surface area contributed by atoms with Gasteiger partial charge in [-0.2, -0.15) is 0 Å². The SMILES string of the molecule is [2H]c1c([2H])c(N(c2ccc(-n3c4ccccc4c4ccccc43)cc2)c2cccc3oc4c5ccccc5ccc4c23)c([2H])c([2H])c1-c1c([2H])c([2H])c2c([2H])c([2H])c([2H])c([2H])c2c1[2H]. The molecular formula is C50H32N2O. The van der Waals surface area contributed by atoms with Crippen molar-refractivity contribution >= 4 is 82.4 Å². The van der Waals surface area contributed by atoms with E-state index < -0.39 is 77.6 Å². The largest absolute Gasteiger partial charge is 0.455 e. The third-order valence-electron chi connectivity index (χ3n) is 9.89. The smallest absolute Gasteiger partial charge is 0.143 e. The molecule has 0 atom stereocenters. The van der Waals surface area contributed by atoms with Crippen LogP contribution in [0.5, 0.6) is 0 Å². The quantitative estimate of drug-likeness (QED) is 0.180. The third-order valence-corrected chi connectivity index (χ3v) is 9.89. The average molecular weight is 688 g/mol. The molecule has 0 fully saturated rings. The summed E-state index contributed by atoms with van der Waals surface area (Å²) in [7, 11) is 0. The van der Waals surface area contributed by atoms with Gasteiger partial charge in [0.15, 0.2) is 0 Å². The third kappa shape index (κ3) is 4.68. The van der Waals surface area contributed by atoms with Crippen LogP contribution in [0.4, 0.5) is 17.1 Å². The van der Waals surface area contributed by atoms with Gasteiger partial charge in [-0.05, 0) is 100 Å². The maximum atomic E-state index is 9.68. The highest BCUT2D eigenvalue weighted by molar-refractivity contribution is 6.19. The molecule has 0 aliphatic rings. The summed E-state index contributed by atoms with van der Waals surface area (Å²) < 4.78 is 108. The van der Waals surface area contributed by atoms with Gasteiger partial charge in [-0.25, -0.2) is 0 Å². The molecule has 0 saturated carbocycles. The van der Waals surface area contributed by atoms with Crippen molar-refractivity contribution < 1.29 is 19.5 Å². The Balaban J connectivity index is 1.19. The van der Waals surface area contributed by atoms with Crippen molar-refractivity contribution in [3.63, 3.8) is 0 Å². The van der Waals surface area contributed by atoms with Crippen LogP contribution in [0.2, 0.25) is 0 Å². The van der Waals surface area contributed by atoms with E-state index >= 15 is 0 Å². The first-order valence-electron chi connectivity index (χ1n) is 22.7. The van der Waals surface area contributed by atoms with Crippen molar-refractivity contribution in [2.75, 3.05) is 4.90 Å². The van der Waals surface area contributed by atoms with Gasteiger partial charge >= 0.3 is 0 Å². The molecule has 53 heavy (non-hydrogen) atoms. The summed E-state index contributed by atoms with van der Waals surface area (Å²) in [5, 5.41) is 4.81. The summed E-state index contributed by atoms with van der Waals surface area (Å²) in [6, 6.07) is 34.7. The zero-order valence-corrected chi connectivity index (χ0v) is 27.9. The molecule has 0 radical (unpaired) electrons. The highest BCUT2D eigenvalue weighted by Gasteiger charge is 2.21. The maximum absolute atomic E-state index is 9.68. The van der Waals surface area contributed by atoms with E-state index in [4.69, 9.17) is 12.6 Å². The molecule has 2 heterocycles. The standard InChI is InChI=1S/C50H32N2O/c1-2-12-36-32-37(21-20-33(36)10-1)34-22-25-38(26-23-34)51(47-18-9-19-48-49(47)44-31-24-35-11-3-4-13-41(35)50(44)53-48)39-27-29-40(30-28-39)52-45-16-7-5-14-42(45)43-15-6-8-17-46(43)52/h1-32H/i1D,2D,10D,12D,20D,21D,22D,23D,25D,26D,32D. The van der Waals surface area contributed by atoms with Crippen molar-refractivity contribution in [2.45, 2.75) is 0 Å². The minimum Gasteiger partial charge on any atom is -0.455 e. The Kier molecular flexibility index (Phi) is 4.57. The Labute approximate surface area is 321 Å². The first-order valence-corrected chi connectivity index (χ1v) is 17.2. The van der Waals surface area contributed by atoms with E-state index in [0.717, 1.165) is 43.7 Å². The predicted molar refractivity (Wildman–Crippen MR) is 223 cm³/mol. The molecule has 248 valence electrons. The summed E-state index contributed by atoms with van der Waals surface area (Å²) in [6.07, 6.45) is 0. The molecule has 0 bridgehead atoms. The van der Waals surface area contributed by atoms with E-state index in [0.29, 0.717) is 27.9 Å². The van der Waals surface area contributed by atoms with Crippen LogP contribution < -0.4 is 4.90 Å². The monoisotopic (exact) mass is 687 g/mol. The summed E-state index contributed by atoms with van der Waals surface area (Å²) in [4.78, 5) is 1.67. The molecule has 2 aromatic heterocycles. The lowest BCUT2D eigenvalue weighted by Gasteiger charge is -2.27. The molecule has 11 aromatic rings. The van der Waals surface area contributed by atoms with Crippen LogP contribution in [0.1, 0.15) is 15.1 Å². The predicted octanol–water partition coefficient (Wildman–Crippen LogP) is 14.1. The van der Waals surface area contributed by atoms with Gasteiger partial charge in [0.1, 0.15) is 11.2 Å². The van der Waals surface area contributed by atoms with Crippen LogP contribution in [-0.4, -0.2) is 4.57 Å². The molecule has 0 saturated heterocycles. The molecule has 0 unspecified atom stereocenters. The van der Waals surface area contributed by atoms with Gasteiger partial charge in [-0.1, -0.05) is 121 Å². The highest BCUT2D eigenvalue weighted by Crippen LogP contribution is 2.45. The second-order valence-electron chi connectivity index (χ2n) is 12.9. The number of hydrogen-bond acceptors (Lipinski definition) is 2. The summed E-state index contributed by atoms with van der Waals surface area (Å²) in [5.41, 5.74) is 4.03. The topological polar surface area (TPSA) is 21.3 Å². The fourth-order valence-corrected chi connectivity index (χ4v) is 7.51.